The lowest BCUT2D eigenvalue weighted by Crippen LogP contribution is -2.27. The highest BCUT2D eigenvalue weighted by molar-refractivity contribution is 6.06. The van der Waals surface area contributed by atoms with Crippen molar-refractivity contribution >= 4 is 16.8 Å². The van der Waals surface area contributed by atoms with Crippen LogP contribution in [0, 0.1) is 5.92 Å². The summed E-state index contributed by atoms with van der Waals surface area (Å²) in [6, 6.07) is 7.74. The summed E-state index contributed by atoms with van der Waals surface area (Å²) in [4.78, 5) is 15.2. The van der Waals surface area contributed by atoms with E-state index < -0.39 is 0 Å². The normalized spacial score (nSPS) is 15.6. The third-order valence-electron chi connectivity index (χ3n) is 3.90. The Morgan fingerprint density at radius 2 is 2.22 bits per heavy atom. The molecule has 3 heteroatoms. The molecule has 1 amide bonds. The van der Waals surface area contributed by atoms with Crippen molar-refractivity contribution in [2.75, 3.05) is 6.54 Å². The first-order valence-corrected chi connectivity index (χ1v) is 6.69. The standard InChI is InChI=1S/C15H18N2O/c18-15(17-9-7-11-3-1-4-11)13-5-2-6-14-12(13)8-10-16-14/h2,5-6,8,10-11,16H,1,3-4,7,9H2,(H,17,18). The van der Waals surface area contributed by atoms with Crippen LogP contribution in [0.2, 0.25) is 0 Å². The molecule has 1 aromatic carbocycles. The fourth-order valence-electron chi connectivity index (χ4n) is 2.55. The van der Waals surface area contributed by atoms with Gasteiger partial charge in [0, 0.05) is 29.2 Å². The van der Waals surface area contributed by atoms with Crippen molar-refractivity contribution in [1.29, 1.82) is 0 Å². The Labute approximate surface area is 107 Å². The van der Waals surface area contributed by atoms with Gasteiger partial charge in [-0.15, -0.1) is 0 Å². The zero-order valence-corrected chi connectivity index (χ0v) is 10.4. The van der Waals surface area contributed by atoms with Gasteiger partial charge in [0.2, 0.25) is 0 Å². The number of amides is 1. The summed E-state index contributed by atoms with van der Waals surface area (Å²) in [6.07, 6.45) is 7.03. The molecular formula is C15H18N2O. The van der Waals surface area contributed by atoms with E-state index in [0.29, 0.717) is 0 Å². The molecule has 2 aromatic rings. The van der Waals surface area contributed by atoms with E-state index in [1.165, 1.54) is 19.3 Å². The van der Waals surface area contributed by atoms with E-state index in [4.69, 9.17) is 0 Å². The maximum atomic E-state index is 12.1. The number of benzene rings is 1. The molecule has 1 heterocycles. The number of hydrogen-bond acceptors (Lipinski definition) is 1. The van der Waals surface area contributed by atoms with Gasteiger partial charge in [0.1, 0.15) is 0 Å². The Balaban J connectivity index is 1.65. The van der Waals surface area contributed by atoms with Gasteiger partial charge in [-0.25, -0.2) is 0 Å². The predicted molar refractivity (Wildman–Crippen MR) is 72.6 cm³/mol. The third-order valence-corrected chi connectivity index (χ3v) is 3.90. The van der Waals surface area contributed by atoms with Crippen LogP contribution in [0.1, 0.15) is 36.0 Å². The zero-order chi connectivity index (χ0) is 12.4. The van der Waals surface area contributed by atoms with Crippen LogP contribution in [0.25, 0.3) is 10.9 Å². The highest BCUT2D eigenvalue weighted by Crippen LogP contribution is 2.28. The number of hydrogen-bond donors (Lipinski definition) is 2. The van der Waals surface area contributed by atoms with Crippen molar-refractivity contribution in [1.82, 2.24) is 10.3 Å². The molecule has 3 nitrogen and oxygen atoms in total. The molecule has 0 bridgehead atoms. The minimum Gasteiger partial charge on any atom is -0.361 e. The summed E-state index contributed by atoms with van der Waals surface area (Å²) in [5.74, 6) is 0.882. The first kappa shape index (κ1) is 11.3. The maximum Gasteiger partial charge on any atom is 0.251 e. The van der Waals surface area contributed by atoms with Crippen LogP contribution in [-0.4, -0.2) is 17.4 Å². The Morgan fingerprint density at radius 1 is 1.33 bits per heavy atom. The number of carbonyl (C=O) groups is 1. The number of fused-ring (bicyclic) bond motifs is 1. The summed E-state index contributed by atoms with van der Waals surface area (Å²) < 4.78 is 0. The van der Waals surface area contributed by atoms with Crippen molar-refractivity contribution in [3.05, 3.63) is 36.0 Å². The van der Waals surface area contributed by atoms with Crippen molar-refractivity contribution in [2.24, 2.45) is 5.92 Å². The lowest BCUT2D eigenvalue weighted by molar-refractivity contribution is 0.0950. The molecule has 1 aliphatic rings. The molecule has 1 aromatic heterocycles. The molecule has 0 saturated heterocycles. The monoisotopic (exact) mass is 242 g/mol. The van der Waals surface area contributed by atoms with Gasteiger partial charge in [0.05, 0.1) is 0 Å². The quantitative estimate of drug-likeness (QED) is 0.850. The van der Waals surface area contributed by atoms with Crippen LogP contribution in [-0.2, 0) is 0 Å². The Hall–Kier alpha value is -1.77. The topological polar surface area (TPSA) is 44.9 Å². The molecule has 0 radical (unpaired) electrons. The van der Waals surface area contributed by atoms with E-state index in [1.807, 2.05) is 30.5 Å². The molecule has 2 N–H and O–H groups in total. The van der Waals surface area contributed by atoms with Gasteiger partial charge in [-0.1, -0.05) is 25.3 Å². The second kappa shape index (κ2) is 4.84. The summed E-state index contributed by atoms with van der Waals surface area (Å²) in [6.45, 7) is 0.796. The number of aromatic amines is 1. The second-order valence-corrected chi connectivity index (χ2v) is 5.09. The van der Waals surface area contributed by atoms with Gasteiger partial charge in [0.15, 0.2) is 0 Å². The molecule has 3 rings (SSSR count). The molecule has 1 saturated carbocycles. The molecule has 0 unspecified atom stereocenters. The van der Waals surface area contributed by atoms with Crippen LogP contribution in [0.4, 0.5) is 0 Å². The largest absolute Gasteiger partial charge is 0.361 e. The summed E-state index contributed by atoms with van der Waals surface area (Å²) >= 11 is 0. The Kier molecular flexibility index (Phi) is 3.05. The first-order chi connectivity index (χ1) is 8.84. The van der Waals surface area contributed by atoms with E-state index >= 15 is 0 Å². The minimum absolute atomic E-state index is 0.0412. The molecule has 0 aliphatic heterocycles. The van der Waals surface area contributed by atoms with Crippen LogP contribution < -0.4 is 5.32 Å². The number of aromatic nitrogens is 1. The number of carbonyl (C=O) groups excluding carboxylic acids is 1. The Bertz CT molecular complexity index is 554. The summed E-state index contributed by atoms with van der Waals surface area (Å²) in [7, 11) is 0. The van der Waals surface area contributed by atoms with Crippen LogP contribution >= 0.6 is 0 Å². The zero-order valence-electron chi connectivity index (χ0n) is 10.4. The van der Waals surface area contributed by atoms with Gasteiger partial charge >= 0.3 is 0 Å². The van der Waals surface area contributed by atoms with Gasteiger partial charge in [-0.2, -0.15) is 0 Å². The summed E-state index contributed by atoms with van der Waals surface area (Å²) in [5.41, 5.74) is 1.78. The average molecular weight is 242 g/mol. The molecular weight excluding hydrogens is 224 g/mol. The van der Waals surface area contributed by atoms with Gasteiger partial charge in [-0.3, -0.25) is 4.79 Å². The second-order valence-electron chi connectivity index (χ2n) is 5.09. The van der Waals surface area contributed by atoms with E-state index in [2.05, 4.69) is 10.3 Å². The fourth-order valence-corrected chi connectivity index (χ4v) is 2.55. The SMILES string of the molecule is O=C(NCCC1CCC1)c1cccc2[nH]ccc12. The molecule has 0 atom stereocenters. The van der Waals surface area contributed by atoms with Crippen LogP contribution in [0.5, 0.6) is 0 Å². The van der Waals surface area contributed by atoms with Crippen molar-refractivity contribution in [3.8, 4) is 0 Å². The minimum atomic E-state index is 0.0412. The van der Waals surface area contributed by atoms with E-state index in [1.54, 1.807) is 0 Å². The third kappa shape index (κ3) is 2.13. The Morgan fingerprint density at radius 3 is 3.00 bits per heavy atom. The molecule has 94 valence electrons. The molecule has 0 spiro atoms. The van der Waals surface area contributed by atoms with E-state index in [0.717, 1.165) is 35.3 Å². The molecule has 1 aliphatic carbocycles. The average Bonchev–Trinajstić information content (AvgIpc) is 2.79. The maximum absolute atomic E-state index is 12.1. The van der Waals surface area contributed by atoms with Crippen molar-refractivity contribution < 1.29 is 4.79 Å². The first-order valence-electron chi connectivity index (χ1n) is 6.69. The van der Waals surface area contributed by atoms with E-state index in [9.17, 15) is 4.79 Å². The van der Waals surface area contributed by atoms with Crippen molar-refractivity contribution in [3.63, 3.8) is 0 Å². The predicted octanol–water partition coefficient (Wildman–Crippen LogP) is 3.09. The lowest BCUT2D eigenvalue weighted by Gasteiger charge is -2.25. The highest BCUT2D eigenvalue weighted by atomic mass is 16.1. The smallest absolute Gasteiger partial charge is 0.251 e. The van der Waals surface area contributed by atoms with Gasteiger partial charge in [0.25, 0.3) is 5.91 Å². The molecule has 1 fully saturated rings. The van der Waals surface area contributed by atoms with Crippen LogP contribution in [0.15, 0.2) is 30.5 Å². The van der Waals surface area contributed by atoms with Crippen LogP contribution in [0.3, 0.4) is 0 Å². The fraction of sp³-hybridized carbons (Fsp3) is 0.400. The highest BCUT2D eigenvalue weighted by Gasteiger charge is 2.17. The van der Waals surface area contributed by atoms with Gasteiger partial charge < -0.3 is 10.3 Å². The molecule has 18 heavy (non-hydrogen) atoms. The number of nitrogens with one attached hydrogen (secondary N) is 2. The lowest BCUT2D eigenvalue weighted by atomic mass is 9.83. The van der Waals surface area contributed by atoms with Gasteiger partial charge in [-0.05, 0) is 30.5 Å². The number of rotatable bonds is 4. The van der Waals surface area contributed by atoms with E-state index in [-0.39, 0.29) is 5.91 Å². The van der Waals surface area contributed by atoms with Crippen molar-refractivity contribution in [2.45, 2.75) is 25.7 Å². The number of H-pyrrole nitrogens is 1. The summed E-state index contributed by atoms with van der Waals surface area (Å²) in [5, 5.41) is 4.03.